The molecule has 2 amide bonds. The minimum atomic E-state index is -3.68. The summed E-state index contributed by atoms with van der Waals surface area (Å²) in [5.41, 5.74) is 5.08. The molecule has 0 aliphatic rings. The number of carbonyl (C=O) groups excluding carboxylic acids is 2. The molecule has 8 nitrogen and oxygen atoms in total. The summed E-state index contributed by atoms with van der Waals surface area (Å²) in [7, 11) is -3.68. The zero-order valence-electron chi connectivity index (χ0n) is 18.9. The topological polar surface area (TPSA) is 116 Å². The predicted molar refractivity (Wildman–Crippen MR) is 121 cm³/mol. The first-order chi connectivity index (χ1) is 14.5. The van der Waals surface area contributed by atoms with E-state index < -0.39 is 33.7 Å². The van der Waals surface area contributed by atoms with Gasteiger partial charge in [0.25, 0.3) is 0 Å². The lowest BCUT2D eigenvalue weighted by Crippen LogP contribution is -2.51. The molecule has 0 bridgehead atoms. The van der Waals surface area contributed by atoms with Crippen LogP contribution < -0.4 is 10.9 Å². The number of nitrogens with one attached hydrogen (secondary N) is 2. The molecule has 0 heterocycles. The second kappa shape index (κ2) is 12.6. The van der Waals surface area contributed by atoms with Crippen LogP contribution in [0.1, 0.15) is 46.1 Å². The van der Waals surface area contributed by atoms with Crippen molar-refractivity contribution in [3.8, 4) is 0 Å². The van der Waals surface area contributed by atoms with Gasteiger partial charge < -0.3 is 0 Å². The van der Waals surface area contributed by atoms with E-state index in [2.05, 4.69) is 5.43 Å². The minimum Gasteiger partial charge on any atom is -0.289 e. The van der Waals surface area contributed by atoms with Gasteiger partial charge in [-0.1, -0.05) is 70.2 Å². The maximum Gasteiger partial charge on any atom is 0.247 e. The van der Waals surface area contributed by atoms with E-state index in [1.807, 2.05) is 64.1 Å². The molecule has 174 valence electrons. The highest BCUT2D eigenvalue weighted by Gasteiger charge is 2.35. The average Bonchev–Trinajstić information content (AvgIpc) is 2.68. The smallest absolute Gasteiger partial charge is 0.247 e. The average molecular weight is 454 g/mol. The van der Waals surface area contributed by atoms with E-state index in [0.29, 0.717) is 6.42 Å². The lowest BCUT2D eigenvalue weighted by atomic mass is 9.82. The Morgan fingerprint density at radius 3 is 2.13 bits per heavy atom. The molecule has 1 aromatic carbocycles. The predicted octanol–water partition coefficient (Wildman–Crippen LogP) is 2.82. The summed E-state index contributed by atoms with van der Waals surface area (Å²) < 4.78 is 25.2. The Bertz CT molecular complexity index is 838. The third kappa shape index (κ3) is 9.63. The highest BCUT2D eigenvalue weighted by atomic mass is 32.2. The van der Waals surface area contributed by atoms with Crippen LogP contribution in [0.5, 0.6) is 0 Å². The highest BCUT2D eigenvalue weighted by molar-refractivity contribution is 7.88. The Labute approximate surface area is 185 Å². The van der Waals surface area contributed by atoms with Gasteiger partial charge in [-0.05, 0) is 30.2 Å². The number of sulfonamides is 1. The first kappa shape index (κ1) is 26.8. The number of allylic oxidation sites excluding steroid dienone is 1. The Morgan fingerprint density at radius 1 is 1.03 bits per heavy atom. The fourth-order valence-corrected chi connectivity index (χ4v) is 4.04. The van der Waals surface area contributed by atoms with Crippen molar-refractivity contribution >= 4 is 27.9 Å². The summed E-state index contributed by atoms with van der Waals surface area (Å²) >= 11 is 0. The molecule has 31 heavy (non-hydrogen) atoms. The van der Waals surface area contributed by atoms with Gasteiger partial charge in [0.2, 0.25) is 21.8 Å². The van der Waals surface area contributed by atoms with Crippen LogP contribution in [0.15, 0.2) is 36.4 Å². The van der Waals surface area contributed by atoms with Gasteiger partial charge in [0.05, 0.1) is 18.1 Å². The van der Waals surface area contributed by atoms with Crippen molar-refractivity contribution in [3.63, 3.8) is 0 Å². The third-order valence-corrected chi connectivity index (χ3v) is 5.70. The van der Waals surface area contributed by atoms with E-state index >= 15 is 0 Å². The molecular weight excluding hydrogens is 418 g/mol. The number of hydrogen-bond acceptors (Lipinski definition) is 5. The second-order valence-corrected chi connectivity index (χ2v) is 10.4. The van der Waals surface area contributed by atoms with Gasteiger partial charge in [-0.25, -0.2) is 13.9 Å². The Balaban J connectivity index is 3.14. The summed E-state index contributed by atoms with van der Waals surface area (Å²) in [4.78, 5) is 25.5. The van der Waals surface area contributed by atoms with Crippen LogP contribution >= 0.6 is 0 Å². The van der Waals surface area contributed by atoms with E-state index in [4.69, 9.17) is 0 Å². The molecule has 1 aromatic rings. The Morgan fingerprint density at radius 2 is 1.65 bits per heavy atom. The van der Waals surface area contributed by atoms with Crippen LogP contribution in [0.25, 0.3) is 6.08 Å². The fraction of sp³-hybridized carbons (Fsp3) is 0.545. The quantitative estimate of drug-likeness (QED) is 0.332. The number of hydrazine groups is 1. The molecule has 0 aliphatic heterocycles. The van der Waals surface area contributed by atoms with Gasteiger partial charge in [-0.15, -0.1) is 4.41 Å². The van der Waals surface area contributed by atoms with E-state index in [1.54, 1.807) is 11.6 Å². The van der Waals surface area contributed by atoms with Gasteiger partial charge in [-0.3, -0.25) is 20.2 Å². The molecule has 0 unspecified atom stereocenters. The molecule has 9 heteroatoms. The number of hydrogen-bond donors (Lipinski definition) is 3. The van der Waals surface area contributed by atoms with Crippen molar-refractivity contribution in [2.75, 3.05) is 12.8 Å². The summed E-state index contributed by atoms with van der Waals surface area (Å²) in [5, 5.41) is 9.25. The van der Waals surface area contributed by atoms with Crippen molar-refractivity contribution in [2.45, 2.75) is 40.5 Å². The van der Waals surface area contributed by atoms with E-state index in [9.17, 15) is 23.2 Å². The molecule has 0 fully saturated rings. The monoisotopic (exact) mass is 453 g/mol. The number of rotatable bonds is 12. The number of carbonyl (C=O) groups is 2. The zero-order chi connectivity index (χ0) is 23.6. The van der Waals surface area contributed by atoms with Gasteiger partial charge >= 0.3 is 0 Å². The van der Waals surface area contributed by atoms with E-state index in [-0.39, 0.29) is 24.8 Å². The molecule has 0 aliphatic carbocycles. The third-order valence-electron chi connectivity index (χ3n) is 4.66. The summed E-state index contributed by atoms with van der Waals surface area (Å²) in [5.74, 6) is -2.89. The second-order valence-electron chi connectivity index (χ2n) is 8.53. The number of benzene rings is 1. The number of amides is 2. The van der Waals surface area contributed by atoms with Crippen LogP contribution in [-0.4, -0.2) is 42.7 Å². The normalized spacial score (nSPS) is 14.2. The standard InChI is InChI=1S/C22H35N3O5S/c1-16(2)14-20(21(26)23-25(15-17(3)4)31(5,29)30)19(22(27)24-28)13-9-12-18-10-7-6-8-11-18/h6-12,16-17,19-20,28H,13-15H2,1-5H3,(H,23,26)(H,24,27)/b12-9+/t19-,20-/m1/s1. The van der Waals surface area contributed by atoms with Crippen LogP contribution in [0, 0.1) is 23.7 Å². The van der Waals surface area contributed by atoms with E-state index in [0.717, 1.165) is 16.2 Å². The number of hydroxylamine groups is 1. The van der Waals surface area contributed by atoms with Crippen molar-refractivity contribution in [1.82, 2.24) is 15.3 Å². The van der Waals surface area contributed by atoms with Gasteiger partial charge in [0, 0.05) is 6.54 Å². The number of nitrogens with zero attached hydrogens (tertiary/aromatic N) is 1. The maximum atomic E-state index is 13.1. The van der Waals surface area contributed by atoms with Crippen molar-refractivity contribution in [3.05, 3.63) is 42.0 Å². The van der Waals surface area contributed by atoms with Crippen molar-refractivity contribution < 1.29 is 23.2 Å². The molecule has 2 atom stereocenters. The van der Waals surface area contributed by atoms with Crippen LogP contribution in [0.4, 0.5) is 0 Å². The SMILES string of the molecule is CC(C)C[C@@H](C(=O)NN(CC(C)C)S(C)(=O)=O)[C@@H](C/C=C/c1ccccc1)C(=O)NO. The maximum absolute atomic E-state index is 13.1. The molecule has 3 N–H and O–H groups in total. The zero-order valence-corrected chi connectivity index (χ0v) is 19.7. The van der Waals surface area contributed by atoms with Crippen molar-refractivity contribution in [1.29, 1.82) is 0 Å². The lowest BCUT2D eigenvalue weighted by molar-refractivity contribution is -0.141. The minimum absolute atomic E-state index is 0.0103. The summed E-state index contributed by atoms with van der Waals surface area (Å²) in [6, 6.07) is 9.49. The first-order valence-corrected chi connectivity index (χ1v) is 12.2. The van der Waals surface area contributed by atoms with Crippen LogP contribution in [0.3, 0.4) is 0 Å². The molecular formula is C22H35N3O5S. The fourth-order valence-electron chi connectivity index (χ4n) is 3.22. The van der Waals surface area contributed by atoms with E-state index in [1.165, 1.54) is 0 Å². The molecule has 0 saturated carbocycles. The van der Waals surface area contributed by atoms with Gasteiger partial charge in [0.1, 0.15) is 0 Å². The molecule has 0 spiro atoms. The van der Waals surface area contributed by atoms with Crippen LogP contribution in [-0.2, 0) is 19.6 Å². The largest absolute Gasteiger partial charge is 0.289 e. The molecule has 0 saturated heterocycles. The Hall–Kier alpha value is -2.23. The highest BCUT2D eigenvalue weighted by Crippen LogP contribution is 2.26. The van der Waals surface area contributed by atoms with Gasteiger partial charge in [-0.2, -0.15) is 0 Å². The Kier molecular flexibility index (Phi) is 10.9. The molecule has 0 aromatic heterocycles. The molecule has 1 rings (SSSR count). The lowest BCUT2D eigenvalue weighted by Gasteiger charge is -2.29. The summed E-state index contributed by atoms with van der Waals surface area (Å²) in [6.45, 7) is 7.62. The summed E-state index contributed by atoms with van der Waals surface area (Å²) in [6.07, 6.45) is 5.19. The molecule has 0 radical (unpaired) electrons. The van der Waals surface area contributed by atoms with Crippen molar-refractivity contribution in [2.24, 2.45) is 23.7 Å². The van der Waals surface area contributed by atoms with Gasteiger partial charge in [0.15, 0.2) is 0 Å². The van der Waals surface area contributed by atoms with Crippen LogP contribution in [0.2, 0.25) is 0 Å². The first-order valence-electron chi connectivity index (χ1n) is 10.4.